The molecule has 1 aromatic heterocycles. The molecule has 1 heterocycles. The van der Waals surface area contributed by atoms with E-state index in [1.54, 1.807) is 11.3 Å². The fraction of sp³-hybridized carbons (Fsp3) is 0.467. The summed E-state index contributed by atoms with van der Waals surface area (Å²) in [5.41, 5.74) is 4.70. The van der Waals surface area contributed by atoms with Crippen molar-refractivity contribution in [3.8, 4) is 20.9 Å². The van der Waals surface area contributed by atoms with Gasteiger partial charge in [-0.05, 0) is 45.6 Å². The van der Waals surface area contributed by atoms with E-state index in [1.165, 1.54) is 11.1 Å². The summed E-state index contributed by atoms with van der Waals surface area (Å²) < 4.78 is 26.9. The summed E-state index contributed by atoms with van der Waals surface area (Å²) in [6.07, 6.45) is 3.84. The van der Waals surface area contributed by atoms with Gasteiger partial charge >= 0.3 is 0 Å². The maximum absolute atomic E-state index is 13.5. The van der Waals surface area contributed by atoms with Crippen LogP contribution in [-0.2, 0) is 20.7 Å². The van der Waals surface area contributed by atoms with Gasteiger partial charge in [0, 0.05) is 4.88 Å². The Morgan fingerprint density at radius 3 is 1.68 bits per heavy atom. The summed E-state index contributed by atoms with van der Waals surface area (Å²) in [5.74, 6) is 0.208. The minimum Gasteiger partial charge on any atom is -0.224 e. The quantitative estimate of drug-likeness (QED) is 0.291. The van der Waals surface area contributed by atoms with Gasteiger partial charge in [-0.3, -0.25) is 0 Å². The number of thiophene rings is 1. The van der Waals surface area contributed by atoms with Crippen LogP contribution in [0.4, 0.5) is 0 Å². The number of unbranched alkanes of at least 4 members (excludes halogenated alkanes) is 3. The summed E-state index contributed by atoms with van der Waals surface area (Å²) >= 11 is 1.58. The second kappa shape index (κ2) is 10.4. The van der Waals surface area contributed by atoms with Crippen LogP contribution in [0.15, 0.2) is 59.5 Å². The van der Waals surface area contributed by atoms with E-state index < -0.39 is 9.84 Å². The van der Waals surface area contributed by atoms with E-state index in [0.29, 0.717) is 11.3 Å². The third kappa shape index (κ3) is 6.40. The Morgan fingerprint density at radius 1 is 0.706 bits per heavy atom. The predicted octanol–water partition coefficient (Wildman–Crippen LogP) is 9.03. The summed E-state index contributed by atoms with van der Waals surface area (Å²) in [6, 6.07) is 18.9. The van der Waals surface area contributed by atoms with Crippen molar-refractivity contribution in [3.63, 3.8) is 0 Å². The van der Waals surface area contributed by atoms with Crippen molar-refractivity contribution in [1.29, 1.82) is 0 Å². The molecular weight excluding hydrogens is 456 g/mol. The van der Waals surface area contributed by atoms with Gasteiger partial charge in [0.1, 0.15) is 0 Å². The van der Waals surface area contributed by atoms with E-state index in [-0.39, 0.29) is 16.6 Å². The molecule has 2 aromatic carbocycles. The minimum absolute atomic E-state index is 0.0577. The van der Waals surface area contributed by atoms with Gasteiger partial charge in [0.05, 0.1) is 15.5 Å². The van der Waals surface area contributed by atoms with Crippen molar-refractivity contribution >= 4 is 21.2 Å². The van der Waals surface area contributed by atoms with Crippen LogP contribution in [-0.4, -0.2) is 14.2 Å². The Balaban J connectivity index is 2.05. The zero-order valence-electron chi connectivity index (χ0n) is 21.9. The fourth-order valence-electron chi connectivity index (χ4n) is 4.03. The van der Waals surface area contributed by atoms with Crippen molar-refractivity contribution in [2.75, 3.05) is 5.75 Å². The van der Waals surface area contributed by atoms with Crippen molar-refractivity contribution in [2.24, 2.45) is 0 Å². The zero-order chi connectivity index (χ0) is 25.1. The summed E-state index contributed by atoms with van der Waals surface area (Å²) in [4.78, 5) is 2.33. The lowest BCUT2D eigenvalue weighted by Gasteiger charge is -2.19. The fourth-order valence-corrected chi connectivity index (χ4v) is 7.18. The molecule has 0 aliphatic heterocycles. The molecule has 0 saturated carbocycles. The second-order valence-electron chi connectivity index (χ2n) is 11.3. The summed E-state index contributed by atoms with van der Waals surface area (Å²) in [7, 11) is -3.37. The molecule has 0 aliphatic carbocycles. The number of sulfone groups is 1. The number of benzene rings is 2. The molecule has 2 nitrogen and oxygen atoms in total. The predicted molar refractivity (Wildman–Crippen MR) is 149 cm³/mol. The molecule has 3 aromatic rings. The van der Waals surface area contributed by atoms with Gasteiger partial charge in [-0.25, -0.2) is 8.42 Å². The summed E-state index contributed by atoms with van der Waals surface area (Å²) in [6.45, 7) is 15.3. The van der Waals surface area contributed by atoms with Gasteiger partial charge in [0.2, 0.25) is 0 Å². The van der Waals surface area contributed by atoms with Crippen LogP contribution in [0.5, 0.6) is 0 Å². The average molecular weight is 497 g/mol. The Hall–Kier alpha value is -1.91. The van der Waals surface area contributed by atoms with E-state index in [9.17, 15) is 8.42 Å². The summed E-state index contributed by atoms with van der Waals surface area (Å²) in [5, 5.41) is 0. The molecule has 0 atom stereocenters. The number of hydrogen-bond donors (Lipinski definition) is 0. The molecule has 4 heteroatoms. The molecule has 3 rings (SSSR count). The molecule has 34 heavy (non-hydrogen) atoms. The molecule has 0 radical (unpaired) electrons. The molecule has 184 valence electrons. The Morgan fingerprint density at radius 2 is 1.21 bits per heavy atom. The molecule has 0 amide bonds. The number of rotatable bonds is 8. The van der Waals surface area contributed by atoms with Crippen LogP contribution in [0.1, 0.15) is 85.3 Å². The zero-order valence-corrected chi connectivity index (χ0v) is 23.5. The maximum Gasteiger partial charge on any atom is 0.179 e. The van der Waals surface area contributed by atoms with Gasteiger partial charge < -0.3 is 0 Å². The molecule has 0 fully saturated rings. The normalized spacial score (nSPS) is 12.8. The molecule has 0 unspecified atom stereocenters. The monoisotopic (exact) mass is 496 g/mol. The first-order chi connectivity index (χ1) is 15.8. The van der Waals surface area contributed by atoms with Crippen LogP contribution < -0.4 is 0 Å². The van der Waals surface area contributed by atoms with E-state index in [2.05, 4.69) is 97.0 Å². The smallest absolute Gasteiger partial charge is 0.179 e. The first-order valence-corrected chi connectivity index (χ1v) is 14.9. The van der Waals surface area contributed by atoms with Gasteiger partial charge in [0.25, 0.3) is 0 Å². The molecular formula is C30H40O2S2. The Bertz CT molecular complexity index is 1180. The highest BCUT2D eigenvalue weighted by Crippen LogP contribution is 2.42. The van der Waals surface area contributed by atoms with Gasteiger partial charge in [-0.15, -0.1) is 11.3 Å². The third-order valence-electron chi connectivity index (χ3n) is 6.35. The largest absolute Gasteiger partial charge is 0.224 e. The molecule has 0 spiro atoms. The van der Waals surface area contributed by atoms with Crippen molar-refractivity contribution in [2.45, 2.75) is 89.9 Å². The lowest BCUT2D eigenvalue weighted by Crippen LogP contribution is -2.10. The van der Waals surface area contributed by atoms with Crippen LogP contribution in [0.3, 0.4) is 0 Å². The minimum atomic E-state index is -3.37. The van der Waals surface area contributed by atoms with Crippen LogP contribution in [0.25, 0.3) is 20.9 Å². The lowest BCUT2D eigenvalue weighted by atomic mass is 9.86. The van der Waals surface area contributed by atoms with E-state index in [0.717, 1.165) is 40.1 Å². The van der Waals surface area contributed by atoms with Crippen LogP contribution in [0, 0.1) is 0 Å². The van der Waals surface area contributed by atoms with Gasteiger partial charge in [-0.1, -0.05) is 116 Å². The highest BCUT2D eigenvalue weighted by atomic mass is 32.2. The highest BCUT2D eigenvalue weighted by Gasteiger charge is 2.24. The first-order valence-electron chi connectivity index (χ1n) is 12.4. The van der Waals surface area contributed by atoms with E-state index in [1.807, 2.05) is 6.07 Å². The lowest BCUT2D eigenvalue weighted by molar-refractivity contribution is 0.588. The Kier molecular flexibility index (Phi) is 8.14. The van der Waals surface area contributed by atoms with Crippen LogP contribution in [0.2, 0.25) is 0 Å². The Labute approximate surface area is 211 Å². The molecule has 0 saturated heterocycles. The second-order valence-corrected chi connectivity index (χ2v) is 14.5. The van der Waals surface area contributed by atoms with Crippen molar-refractivity contribution in [3.05, 3.63) is 65.7 Å². The molecule has 0 aliphatic rings. The number of hydrogen-bond acceptors (Lipinski definition) is 3. The SMILES string of the molecule is CCCCCCS(=O)(=O)c1cc(-c2ccc(C(C)(C)C)cc2)sc1-c1ccc(C(C)(C)C)cc1. The van der Waals surface area contributed by atoms with Crippen LogP contribution >= 0.6 is 11.3 Å². The average Bonchev–Trinajstić information content (AvgIpc) is 3.22. The third-order valence-corrected chi connectivity index (χ3v) is 9.53. The molecule has 0 bridgehead atoms. The van der Waals surface area contributed by atoms with E-state index >= 15 is 0 Å². The van der Waals surface area contributed by atoms with Gasteiger partial charge in [-0.2, -0.15) is 0 Å². The van der Waals surface area contributed by atoms with Crippen molar-refractivity contribution in [1.82, 2.24) is 0 Å². The van der Waals surface area contributed by atoms with Crippen molar-refractivity contribution < 1.29 is 8.42 Å². The standard InChI is InChI=1S/C30H40O2S2/c1-8-9-10-11-20-34(31,32)27-21-26(22-12-16-24(17-13-22)29(2,3)4)33-28(27)23-14-18-25(19-15-23)30(5,6)7/h12-19,21H,8-11,20H2,1-7H3. The first kappa shape index (κ1) is 26.7. The highest BCUT2D eigenvalue weighted by molar-refractivity contribution is 7.91. The maximum atomic E-state index is 13.5. The van der Waals surface area contributed by atoms with E-state index in [4.69, 9.17) is 0 Å². The molecule has 0 N–H and O–H groups in total. The van der Waals surface area contributed by atoms with Gasteiger partial charge in [0.15, 0.2) is 9.84 Å². The topological polar surface area (TPSA) is 34.1 Å².